The molecule has 2 rings (SSSR count). The molecule has 1 N–H and O–H groups in total. The molecule has 6 nitrogen and oxygen atoms in total. The molecule has 0 bridgehead atoms. The van der Waals surface area contributed by atoms with Crippen molar-refractivity contribution in [3.63, 3.8) is 0 Å². The van der Waals surface area contributed by atoms with E-state index in [1.807, 2.05) is 0 Å². The second-order valence-corrected chi connectivity index (χ2v) is 5.87. The van der Waals surface area contributed by atoms with E-state index < -0.39 is 10.8 Å². The Bertz CT molecular complexity index is 752. The van der Waals surface area contributed by atoms with Gasteiger partial charge in [0.05, 0.1) is 22.6 Å². The van der Waals surface area contributed by atoms with Crippen molar-refractivity contribution in [3.05, 3.63) is 60.7 Å². The molecule has 0 atom stereocenters. The first-order chi connectivity index (χ1) is 10.4. The molecule has 2 aromatic carbocycles. The zero-order chi connectivity index (χ0) is 16.3. The van der Waals surface area contributed by atoms with Crippen molar-refractivity contribution in [1.29, 1.82) is 0 Å². The molecule has 22 heavy (non-hydrogen) atoms. The molecule has 0 unspecified atom stereocenters. The summed E-state index contributed by atoms with van der Waals surface area (Å²) in [5, 5.41) is 13.9. The summed E-state index contributed by atoms with van der Waals surface area (Å²) in [6.45, 7) is 0. The highest BCUT2D eigenvalue weighted by Gasteiger charge is 2.17. The lowest BCUT2D eigenvalue weighted by Crippen LogP contribution is -2.13. The number of ether oxygens (including phenoxy) is 1. The van der Waals surface area contributed by atoms with Crippen molar-refractivity contribution in [3.8, 4) is 5.75 Å². The first kappa shape index (κ1) is 16.5. The standard InChI is InChI=1S/C14H10ClIN2O4/c1-22-13-5-3-9(7-12(13)18(20)21)17-14(19)10-6-8(16)2-4-11(10)15/h2-7H,1H3,(H,17,19). The first-order valence-corrected chi connectivity index (χ1v) is 7.47. The fourth-order valence-corrected chi connectivity index (χ4v) is 2.47. The molecule has 0 aromatic heterocycles. The van der Waals surface area contributed by atoms with Gasteiger partial charge in [-0.1, -0.05) is 11.6 Å². The van der Waals surface area contributed by atoms with E-state index in [9.17, 15) is 14.9 Å². The Labute approximate surface area is 144 Å². The Morgan fingerprint density at radius 3 is 2.68 bits per heavy atom. The summed E-state index contributed by atoms with van der Waals surface area (Å²) < 4.78 is 5.76. The van der Waals surface area contributed by atoms with Crippen LogP contribution in [0.1, 0.15) is 10.4 Å². The first-order valence-electron chi connectivity index (χ1n) is 6.01. The smallest absolute Gasteiger partial charge is 0.312 e. The Hall–Kier alpha value is -1.87. The molecule has 0 heterocycles. The van der Waals surface area contributed by atoms with Crippen LogP contribution in [0.25, 0.3) is 0 Å². The van der Waals surface area contributed by atoms with Gasteiger partial charge in [0.2, 0.25) is 0 Å². The Morgan fingerprint density at radius 2 is 2.05 bits per heavy atom. The van der Waals surface area contributed by atoms with E-state index in [-0.39, 0.29) is 17.1 Å². The summed E-state index contributed by atoms with van der Waals surface area (Å²) in [7, 11) is 1.34. The number of carbonyl (C=O) groups excluding carboxylic acids is 1. The largest absolute Gasteiger partial charge is 0.490 e. The number of nitro groups is 1. The van der Waals surface area contributed by atoms with Crippen LogP contribution in [0.2, 0.25) is 5.02 Å². The van der Waals surface area contributed by atoms with Gasteiger partial charge in [0.25, 0.3) is 5.91 Å². The number of nitrogens with zero attached hydrogens (tertiary/aromatic N) is 1. The number of anilines is 1. The quantitative estimate of drug-likeness (QED) is 0.448. The van der Waals surface area contributed by atoms with Crippen molar-refractivity contribution >= 4 is 51.5 Å². The molecule has 0 fully saturated rings. The lowest BCUT2D eigenvalue weighted by atomic mass is 10.2. The van der Waals surface area contributed by atoms with Crippen molar-refractivity contribution < 1.29 is 14.5 Å². The van der Waals surface area contributed by atoms with Crippen LogP contribution in [-0.4, -0.2) is 17.9 Å². The summed E-state index contributed by atoms with van der Waals surface area (Å²) in [6, 6.07) is 9.21. The number of methoxy groups -OCH3 is 1. The fraction of sp³-hybridized carbons (Fsp3) is 0.0714. The predicted molar refractivity (Wildman–Crippen MR) is 91.8 cm³/mol. The summed E-state index contributed by atoms with van der Waals surface area (Å²) in [4.78, 5) is 22.6. The second kappa shape index (κ2) is 6.93. The number of nitro benzene ring substituents is 1. The second-order valence-electron chi connectivity index (χ2n) is 4.22. The highest BCUT2D eigenvalue weighted by molar-refractivity contribution is 14.1. The van der Waals surface area contributed by atoms with Crippen LogP contribution in [0, 0.1) is 13.7 Å². The highest BCUT2D eigenvalue weighted by Crippen LogP contribution is 2.30. The molecule has 0 saturated carbocycles. The summed E-state index contributed by atoms with van der Waals surface area (Å²) >= 11 is 8.06. The molecule has 0 aliphatic carbocycles. The molecule has 2 aromatic rings. The minimum atomic E-state index is -0.576. The van der Waals surface area contributed by atoms with Gasteiger partial charge < -0.3 is 10.1 Å². The Morgan fingerprint density at radius 1 is 1.32 bits per heavy atom. The number of hydrogen-bond acceptors (Lipinski definition) is 4. The average Bonchev–Trinajstić information content (AvgIpc) is 2.49. The molecule has 0 aliphatic heterocycles. The molecular formula is C14H10ClIN2O4. The topological polar surface area (TPSA) is 81.5 Å². The van der Waals surface area contributed by atoms with Crippen molar-refractivity contribution in [2.24, 2.45) is 0 Å². The lowest BCUT2D eigenvalue weighted by Gasteiger charge is -2.08. The minimum Gasteiger partial charge on any atom is -0.490 e. The molecule has 0 saturated heterocycles. The van der Waals surface area contributed by atoms with E-state index in [1.54, 1.807) is 18.2 Å². The van der Waals surface area contributed by atoms with E-state index in [0.29, 0.717) is 10.6 Å². The number of hydrogen-bond donors (Lipinski definition) is 1. The predicted octanol–water partition coefficient (Wildman–Crippen LogP) is 4.11. The maximum Gasteiger partial charge on any atom is 0.312 e. The molecule has 0 aliphatic rings. The fourth-order valence-electron chi connectivity index (χ4n) is 1.78. The van der Waals surface area contributed by atoms with Crippen molar-refractivity contribution in [1.82, 2.24) is 0 Å². The molecule has 0 spiro atoms. The summed E-state index contributed by atoms with van der Waals surface area (Å²) in [5.41, 5.74) is 0.355. The number of nitrogens with one attached hydrogen (secondary N) is 1. The molecule has 1 amide bonds. The Kier molecular flexibility index (Phi) is 5.19. The van der Waals surface area contributed by atoms with Gasteiger partial charge in [0.1, 0.15) is 0 Å². The zero-order valence-electron chi connectivity index (χ0n) is 11.3. The van der Waals surface area contributed by atoms with Gasteiger partial charge in [-0.2, -0.15) is 0 Å². The highest BCUT2D eigenvalue weighted by atomic mass is 127. The SMILES string of the molecule is COc1ccc(NC(=O)c2cc(I)ccc2Cl)cc1[N+](=O)[O-]. The van der Waals surface area contributed by atoms with Crippen LogP contribution in [-0.2, 0) is 0 Å². The van der Waals surface area contributed by atoms with Gasteiger partial charge in [-0.25, -0.2) is 0 Å². The number of amides is 1. The van der Waals surface area contributed by atoms with E-state index in [1.165, 1.54) is 25.3 Å². The van der Waals surface area contributed by atoms with E-state index >= 15 is 0 Å². The molecule has 0 radical (unpaired) electrons. The van der Waals surface area contributed by atoms with Crippen molar-refractivity contribution in [2.75, 3.05) is 12.4 Å². The van der Waals surface area contributed by atoms with Gasteiger partial charge in [-0.15, -0.1) is 0 Å². The summed E-state index contributed by atoms with van der Waals surface area (Å²) in [5.74, 6) is -0.321. The van der Waals surface area contributed by atoms with Gasteiger partial charge in [-0.05, 0) is 52.9 Å². The minimum absolute atomic E-state index is 0.121. The molecular weight excluding hydrogens is 423 g/mol. The van der Waals surface area contributed by atoms with Crippen LogP contribution in [0.4, 0.5) is 11.4 Å². The third kappa shape index (κ3) is 3.66. The summed E-state index contributed by atoms with van der Waals surface area (Å²) in [6.07, 6.45) is 0. The van der Waals surface area contributed by atoms with Crippen molar-refractivity contribution in [2.45, 2.75) is 0 Å². The third-order valence-corrected chi connectivity index (χ3v) is 3.81. The van der Waals surface area contributed by atoms with Crippen LogP contribution in [0.3, 0.4) is 0 Å². The molecule has 8 heteroatoms. The zero-order valence-corrected chi connectivity index (χ0v) is 14.2. The Balaban J connectivity index is 2.30. The van der Waals surface area contributed by atoms with E-state index in [2.05, 4.69) is 27.9 Å². The number of rotatable bonds is 4. The number of carbonyl (C=O) groups is 1. The number of benzene rings is 2. The van der Waals surface area contributed by atoms with Crippen LogP contribution >= 0.6 is 34.2 Å². The van der Waals surface area contributed by atoms with Gasteiger partial charge in [0.15, 0.2) is 5.75 Å². The van der Waals surface area contributed by atoms with E-state index in [0.717, 1.165) is 3.57 Å². The van der Waals surface area contributed by atoms with Gasteiger partial charge >= 0.3 is 5.69 Å². The normalized spacial score (nSPS) is 10.1. The monoisotopic (exact) mass is 432 g/mol. The van der Waals surface area contributed by atoms with Crippen LogP contribution in [0.5, 0.6) is 5.75 Å². The number of halogens is 2. The lowest BCUT2D eigenvalue weighted by molar-refractivity contribution is -0.385. The van der Waals surface area contributed by atoms with Crippen LogP contribution < -0.4 is 10.1 Å². The van der Waals surface area contributed by atoms with Gasteiger partial charge in [0, 0.05) is 15.3 Å². The third-order valence-electron chi connectivity index (χ3n) is 2.81. The van der Waals surface area contributed by atoms with E-state index in [4.69, 9.17) is 16.3 Å². The maximum atomic E-state index is 12.2. The van der Waals surface area contributed by atoms with Crippen LogP contribution in [0.15, 0.2) is 36.4 Å². The average molecular weight is 433 g/mol. The molecule has 114 valence electrons. The maximum absolute atomic E-state index is 12.2. The van der Waals surface area contributed by atoms with Gasteiger partial charge in [-0.3, -0.25) is 14.9 Å².